The van der Waals surface area contributed by atoms with E-state index >= 15 is 0 Å². The number of benzene rings is 1. The molecule has 1 heterocycles. The van der Waals surface area contributed by atoms with Crippen LogP contribution in [0.2, 0.25) is 0 Å². The normalized spacial score (nSPS) is 13.3. The summed E-state index contributed by atoms with van der Waals surface area (Å²) in [6, 6.07) is 10.1. The molecule has 1 aromatic carbocycles. The molecule has 1 N–H and O–H groups in total. The van der Waals surface area contributed by atoms with Gasteiger partial charge in [0.2, 0.25) is 11.8 Å². The van der Waals surface area contributed by atoms with Crippen molar-refractivity contribution in [1.29, 1.82) is 5.26 Å². The van der Waals surface area contributed by atoms with Gasteiger partial charge in [0.25, 0.3) is 5.22 Å². The lowest BCUT2D eigenvalue weighted by atomic mass is 9.90. The van der Waals surface area contributed by atoms with Crippen LogP contribution in [0.4, 0.5) is 0 Å². The first-order valence-electron chi connectivity index (χ1n) is 8.15. The average molecular weight is 358 g/mol. The van der Waals surface area contributed by atoms with Crippen molar-refractivity contribution in [3.63, 3.8) is 0 Å². The van der Waals surface area contributed by atoms with E-state index in [0.717, 1.165) is 23.7 Å². The Labute approximate surface area is 152 Å². The lowest BCUT2D eigenvalue weighted by Crippen LogP contribution is -2.49. The van der Waals surface area contributed by atoms with Gasteiger partial charge in [-0.1, -0.05) is 44.7 Å². The van der Waals surface area contributed by atoms with Gasteiger partial charge in [0.1, 0.15) is 5.54 Å². The van der Waals surface area contributed by atoms with Crippen LogP contribution in [-0.2, 0) is 11.2 Å². The minimum Gasteiger partial charge on any atom is -0.411 e. The second-order valence-corrected chi connectivity index (χ2v) is 7.16. The van der Waals surface area contributed by atoms with Gasteiger partial charge in [-0.15, -0.1) is 10.2 Å². The molecule has 1 atom stereocenters. The van der Waals surface area contributed by atoms with E-state index in [0.29, 0.717) is 11.1 Å². The third-order valence-electron chi connectivity index (χ3n) is 4.13. The number of hydrogen-bond acceptors (Lipinski definition) is 6. The molecule has 0 saturated carbocycles. The Hall–Kier alpha value is -2.33. The van der Waals surface area contributed by atoms with Crippen LogP contribution in [0.25, 0.3) is 11.5 Å². The standard InChI is InChI=1S/C18H22N4O2S/c1-5-13-6-8-14(9-7-13)16-21-22-17(24-16)25-10-15(23)20-18(4,11-19)12(2)3/h6-9,12H,5,10H2,1-4H3,(H,20,23)/t18-/m0/s1. The molecule has 0 aliphatic rings. The zero-order chi connectivity index (χ0) is 18.4. The van der Waals surface area contributed by atoms with Crippen LogP contribution in [0.1, 0.15) is 33.3 Å². The highest BCUT2D eigenvalue weighted by molar-refractivity contribution is 7.99. The van der Waals surface area contributed by atoms with Crippen molar-refractivity contribution in [2.24, 2.45) is 5.92 Å². The molecule has 0 aliphatic heterocycles. The quantitative estimate of drug-likeness (QED) is 0.762. The van der Waals surface area contributed by atoms with Crippen LogP contribution in [0, 0.1) is 17.2 Å². The Morgan fingerprint density at radius 1 is 1.36 bits per heavy atom. The Balaban J connectivity index is 1.95. The van der Waals surface area contributed by atoms with E-state index in [4.69, 9.17) is 4.42 Å². The molecule has 0 radical (unpaired) electrons. The van der Waals surface area contributed by atoms with Crippen molar-refractivity contribution in [2.75, 3.05) is 5.75 Å². The third-order valence-corrected chi connectivity index (χ3v) is 4.95. The average Bonchev–Trinajstić information content (AvgIpc) is 3.08. The highest BCUT2D eigenvalue weighted by Crippen LogP contribution is 2.24. The minimum absolute atomic E-state index is 0.00699. The van der Waals surface area contributed by atoms with Crippen LogP contribution in [0.5, 0.6) is 0 Å². The molecule has 132 valence electrons. The van der Waals surface area contributed by atoms with Crippen molar-refractivity contribution in [3.8, 4) is 17.5 Å². The van der Waals surface area contributed by atoms with E-state index in [-0.39, 0.29) is 17.6 Å². The molecule has 1 aromatic heterocycles. The zero-order valence-corrected chi connectivity index (χ0v) is 15.7. The molecule has 1 amide bonds. The van der Waals surface area contributed by atoms with Gasteiger partial charge >= 0.3 is 0 Å². The fourth-order valence-corrected chi connectivity index (χ4v) is 2.59. The summed E-state index contributed by atoms with van der Waals surface area (Å²) >= 11 is 1.15. The number of hydrogen-bond donors (Lipinski definition) is 1. The van der Waals surface area contributed by atoms with Gasteiger partial charge in [0.05, 0.1) is 11.8 Å². The lowest BCUT2D eigenvalue weighted by molar-refractivity contribution is -0.120. The number of nitrogens with one attached hydrogen (secondary N) is 1. The smallest absolute Gasteiger partial charge is 0.277 e. The number of thioether (sulfide) groups is 1. The fourth-order valence-electron chi connectivity index (χ4n) is 2.02. The summed E-state index contributed by atoms with van der Waals surface area (Å²) in [4.78, 5) is 12.1. The van der Waals surface area contributed by atoms with Gasteiger partial charge in [-0.2, -0.15) is 5.26 Å². The molecule has 0 aliphatic carbocycles. The first-order valence-corrected chi connectivity index (χ1v) is 9.14. The van der Waals surface area contributed by atoms with Crippen molar-refractivity contribution in [3.05, 3.63) is 29.8 Å². The van der Waals surface area contributed by atoms with Gasteiger partial charge in [-0.3, -0.25) is 4.79 Å². The molecule has 0 saturated heterocycles. The van der Waals surface area contributed by atoms with Gasteiger partial charge < -0.3 is 9.73 Å². The topological polar surface area (TPSA) is 91.8 Å². The van der Waals surface area contributed by atoms with E-state index in [1.54, 1.807) is 6.92 Å². The number of rotatable bonds is 7. The summed E-state index contributed by atoms with van der Waals surface area (Å²) in [6.07, 6.45) is 0.971. The van der Waals surface area contributed by atoms with Crippen LogP contribution < -0.4 is 5.32 Å². The van der Waals surface area contributed by atoms with Gasteiger partial charge in [-0.25, -0.2) is 0 Å². The fraction of sp³-hybridized carbons (Fsp3) is 0.444. The van der Waals surface area contributed by atoms with Crippen LogP contribution >= 0.6 is 11.8 Å². The first-order chi connectivity index (χ1) is 11.9. The molecule has 0 spiro atoms. The number of amides is 1. The SMILES string of the molecule is CCc1ccc(-c2nnc(SCC(=O)N[C@@](C)(C#N)C(C)C)o2)cc1. The van der Waals surface area contributed by atoms with Crippen LogP contribution in [0.15, 0.2) is 33.9 Å². The van der Waals surface area contributed by atoms with Crippen LogP contribution in [0.3, 0.4) is 0 Å². The summed E-state index contributed by atoms with van der Waals surface area (Å²) in [7, 11) is 0. The van der Waals surface area contributed by atoms with Crippen molar-refractivity contribution in [1.82, 2.24) is 15.5 Å². The van der Waals surface area contributed by atoms with E-state index in [1.807, 2.05) is 38.1 Å². The molecule has 0 bridgehead atoms. The second kappa shape index (κ2) is 8.17. The molecular formula is C18H22N4O2S. The number of carbonyl (C=O) groups is 1. The van der Waals surface area contributed by atoms with E-state index in [2.05, 4.69) is 28.5 Å². The van der Waals surface area contributed by atoms with Crippen molar-refractivity contribution < 1.29 is 9.21 Å². The largest absolute Gasteiger partial charge is 0.411 e. The van der Waals surface area contributed by atoms with E-state index < -0.39 is 5.54 Å². The van der Waals surface area contributed by atoms with Crippen molar-refractivity contribution >= 4 is 17.7 Å². The molecule has 0 unspecified atom stereocenters. The molecule has 6 nitrogen and oxygen atoms in total. The molecule has 7 heteroatoms. The van der Waals surface area contributed by atoms with E-state index in [9.17, 15) is 10.1 Å². The highest BCUT2D eigenvalue weighted by atomic mass is 32.2. The van der Waals surface area contributed by atoms with Gasteiger partial charge in [-0.05, 0) is 37.0 Å². The number of nitrogens with zero attached hydrogens (tertiary/aromatic N) is 3. The van der Waals surface area contributed by atoms with Crippen LogP contribution in [-0.4, -0.2) is 27.4 Å². The lowest BCUT2D eigenvalue weighted by Gasteiger charge is -2.27. The molecule has 2 aromatic rings. The summed E-state index contributed by atoms with van der Waals surface area (Å²) in [5.74, 6) is 0.303. The summed E-state index contributed by atoms with van der Waals surface area (Å²) < 4.78 is 5.59. The predicted octanol–water partition coefficient (Wildman–Crippen LogP) is 3.45. The minimum atomic E-state index is -0.890. The number of aromatic nitrogens is 2. The summed E-state index contributed by atoms with van der Waals surface area (Å²) in [6.45, 7) is 7.60. The zero-order valence-electron chi connectivity index (χ0n) is 14.9. The Kier molecular flexibility index (Phi) is 6.21. The van der Waals surface area contributed by atoms with Gasteiger partial charge in [0.15, 0.2) is 0 Å². The Morgan fingerprint density at radius 3 is 2.60 bits per heavy atom. The number of carbonyl (C=O) groups excluding carboxylic acids is 1. The second-order valence-electron chi connectivity index (χ2n) is 6.23. The molecule has 25 heavy (non-hydrogen) atoms. The third kappa shape index (κ3) is 4.83. The van der Waals surface area contributed by atoms with Crippen molar-refractivity contribution in [2.45, 2.75) is 44.9 Å². The maximum absolute atomic E-state index is 12.1. The maximum atomic E-state index is 12.1. The highest BCUT2D eigenvalue weighted by Gasteiger charge is 2.30. The molecule has 2 rings (SSSR count). The monoisotopic (exact) mass is 358 g/mol. The molecule has 0 fully saturated rings. The number of aryl methyl sites for hydroxylation is 1. The summed E-state index contributed by atoms with van der Waals surface area (Å²) in [5.41, 5.74) is 1.19. The van der Waals surface area contributed by atoms with E-state index in [1.165, 1.54) is 5.56 Å². The number of nitriles is 1. The van der Waals surface area contributed by atoms with Gasteiger partial charge in [0, 0.05) is 5.56 Å². The summed E-state index contributed by atoms with van der Waals surface area (Å²) in [5, 5.41) is 20.3. The molecular weight excluding hydrogens is 336 g/mol. The predicted molar refractivity (Wildman–Crippen MR) is 96.8 cm³/mol. The first kappa shape index (κ1) is 19.0. The maximum Gasteiger partial charge on any atom is 0.277 e. The Morgan fingerprint density at radius 2 is 2.04 bits per heavy atom. The Bertz CT molecular complexity index is 764.